The summed E-state index contributed by atoms with van der Waals surface area (Å²) in [6.45, 7) is 11.4. The second kappa shape index (κ2) is 21.6. The minimum absolute atomic E-state index is 0.0264. The molecular weight excluding hydrogens is 803 g/mol. The van der Waals surface area contributed by atoms with Crippen LogP contribution in [0, 0.1) is 29.6 Å². The van der Waals surface area contributed by atoms with E-state index in [2.05, 4.69) is 52.9 Å². The minimum Gasteiger partial charge on any atom is -0.496 e. The van der Waals surface area contributed by atoms with Gasteiger partial charge in [0.05, 0.1) is 35.0 Å². The van der Waals surface area contributed by atoms with E-state index in [1.54, 1.807) is 36.0 Å². The van der Waals surface area contributed by atoms with Crippen molar-refractivity contribution in [2.75, 3.05) is 47.1 Å². The zero-order chi connectivity index (χ0) is 45.2. The van der Waals surface area contributed by atoms with Gasteiger partial charge in [-0.3, -0.25) is 33.6 Å². The van der Waals surface area contributed by atoms with Gasteiger partial charge in [0.25, 0.3) is 5.91 Å². The van der Waals surface area contributed by atoms with Gasteiger partial charge in [-0.25, -0.2) is 9.78 Å². The summed E-state index contributed by atoms with van der Waals surface area (Å²) in [4.78, 5) is 69.1. The number of rotatable bonds is 18. The van der Waals surface area contributed by atoms with E-state index in [9.17, 15) is 24.0 Å². The number of carbonyl (C=O) groups is 4. The Labute approximate surface area is 369 Å². The lowest BCUT2D eigenvalue weighted by atomic mass is 9.82. The Morgan fingerprint density at radius 2 is 1.84 bits per heavy atom. The number of nitrogens with one attached hydrogen (secondary N) is 2. The highest BCUT2D eigenvalue weighted by Crippen LogP contribution is 2.34. The molecule has 2 saturated heterocycles. The van der Waals surface area contributed by atoms with Crippen molar-refractivity contribution in [3.05, 3.63) is 63.3 Å². The van der Waals surface area contributed by atoms with Crippen molar-refractivity contribution < 1.29 is 33.4 Å². The molecule has 15 heteroatoms. The van der Waals surface area contributed by atoms with Gasteiger partial charge in [0.15, 0.2) is 0 Å². The van der Waals surface area contributed by atoms with Gasteiger partial charge in [-0.15, -0.1) is 0 Å². The molecule has 0 spiro atoms. The van der Waals surface area contributed by atoms with Crippen LogP contribution in [0.3, 0.4) is 0 Å². The van der Waals surface area contributed by atoms with E-state index in [0.717, 1.165) is 69.0 Å². The quantitative estimate of drug-likeness (QED) is 0.0974. The first-order chi connectivity index (χ1) is 30.4. The third kappa shape index (κ3) is 11.1. The van der Waals surface area contributed by atoms with Crippen molar-refractivity contribution in [2.45, 2.75) is 96.6 Å². The number of nitrogens with zero attached hydrogens (tertiary/aromatic N) is 4. The second-order valence-corrected chi connectivity index (χ2v) is 17.0. The average Bonchev–Trinajstić information content (AvgIpc) is 3.76. The lowest BCUT2D eigenvalue weighted by Crippen LogP contribution is -2.47. The van der Waals surface area contributed by atoms with Crippen LogP contribution in [0.5, 0.6) is 11.6 Å². The Hall–Kier alpha value is -5.72. The molecule has 63 heavy (non-hydrogen) atoms. The number of ether oxygens (including phenoxy) is 3. The van der Waals surface area contributed by atoms with E-state index in [0.29, 0.717) is 65.3 Å². The molecule has 6 rings (SSSR count). The predicted octanol–water partition coefficient (Wildman–Crippen LogP) is 3.23. The maximum Gasteiger partial charge on any atom is 0.329 e. The molecular formula is C48H63N7O8. The van der Waals surface area contributed by atoms with E-state index >= 15 is 0 Å². The lowest BCUT2D eigenvalue weighted by molar-refractivity contribution is -0.135. The van der Waals surface area contributed by atoms with Crippen LogP contribution in [0.4, 0.5) is 0 Å². The zero-order valence-corrected chi connectivity index (χ0v) is 37.4. The van der Waals surface area contributed by atoms with Gasteiger partial charge in [-0.2, -0.15) is 0 Å². The van der Waals surface area contributed by atoms with E-state index in [4.69, 9.17) is 19.9 Å². The van der Waals surface area contributed by atoms with Crippen molar-refractivity contribution >= 4 is 46.1 Å². The van der Waals surface area contributed by atoms with Gasteiger partial charge >= 0.3 is 5.69 Å². The van der Waals surface area contributed by atoms with E-state index < -0.39 is 17.9 Å². The van der Waals surface area contributed by atoms with Crippen molar-refractivity contribution in [3.63, 3.8) is 0 Å². The molecule has 4 N–H and O–H groups in total. The van der Waals surface area contributed by atoms with Gasteiger partial charge in [0.2, 0.25) is 23.6 Å². The number of allylic oxidation sites excluding steroid dienone is 1. The molecule has 3 aromatic rings. The molecule has 3 aliphatic rings. The SMILES string of the molecule is C=C/C(CCCOCCCN(C)CC1CCC(C#Cc2cnc(OC[C@H]3NC(=O)C[C@H]3CC)c3cc(OC)c(C(N)=O)cc23)CC1)=c1\c(=C/C)n(C2CCC(=O)NC2=O)c(=O)n1C. The highest BCUT2D eigenvalue weighted by atomic mass is 16.5. The molecule has 1 aromatic carbocycles. The average molecular weight is 866 g/mol. The first kappa shape index (κ1) is 46.8. The number of benzene rings is 1. The minimum atomic E-state index is -0.734. The summed E-state index contributed by atoms with van der Waals surface area (Å²) < 4.78 is 20.8. The van der Waals surface area contributed by atoms with Crippen LogP contribution in [0.1, 0.15) is 106 Å². The van der Waals surface area contributed by atoms with Crippen LogP contribution in [0.2, 0.25) is 0 Å². The van der Waals surface area contributed by atoms with E-state index in [-0.39, 0.29) is 60.4 Å². The first-order valence-electron chi connectivity index (χ1n) is 22.3. The molecule has 2 aliphatic heterocycles. The molecule has 15 nitrogen and oxygen atoms in total. The standard InChI is InChI=1S/C48H63N7O8/c1-7-32(44-39(9-3)55(48(60)54(44)5)40-19-20-42(56)52-46(40)59)12-10-22-62-23-11-21-53(4)28-31-15-13-30(14-16-31)17-18-34-27-50-47(63-29-38-33(8-2)24-43(57)51-38)36-26-41(61-6)37(45(49)58)25-35(34)36/h7,9,25-27,30-31,33,38,40H,1,8,10-16,19-24,28-29H2,2-6H3,(H2,49,58)(H,51,57)(H,52,56,59)/b39-9+,44-32-/t30?,31?,33-,38-,40?/m1/s1. The Balaban J connectivity index is 0.967. The smallest absolute Gasteiger partial charge is 0.329 e. The number of primary amides is 1. The number of piperidine rings is 1. The molecule has 0 bridgehead atoms. The molecule has 3 atom stereocenters. The summed E-state index contributed by atoms with van der Waals surface area (Å²) in [5.74, 6) is 7.26. The normalized spacial score (nSPS) is 22.1. The lowest BCUT2D eigenvalue weighted by Gasteiger charge is -2.29. The summed E-state index contributed by atoms with van der Waals surface area (Å²) in [6, 6.07) is 2.59. The third-order valence-corrected chi connectivity index (χ3v) is 12.8. The molecule has 338 valence electrons. The summed E-state index contributed by atoms with van der Waals surface area (Å²) in [7, 11) is 5.35. The van der Waals surface area contributed by atoms with Gasteiger partial charge in [-0.05, 0) is 94.9 Å². The number of amides is 4. The van der Waals surface area contributed by atoms with Crippen LogP contribution in [-0.2, 0) is 26.2 Å². The number of imidazole rings is 1. The number of aromatic nitrogens is 3. The molecule has 0 radical (unpaired) electrons. The Morgan fingerprint density at radius 1 is 1.08 bits per heavy atom. The Bertz CT molecular complexity index is 2450. The monoisotopic (exact) mass is 865 g/mol. The molecule has 4 amide bonds. The maximum atomic E-state index is 13.3. The maximum absolute atomic E-state index is 13.3. The molecule has 2 aromatic heterocycles. The predicted molar refractivity (Wildman–Crippen MR) is 241 cm³/mol. The fourth-order valence-corrected chi connectivity index (χ4v) is 9.31. The molecule has 3 fully saturated rings. The van der Waals surface area contributed by atoms with Crippen molar-refractivity contribution in [1.82, 2.24) is 29.7 Å². The largest absolute Gasteiger partial charge is 0.496 e. The summed E-state index contributed by atoms with van der Waals surface area (Å²) >= 11 is 0. The first-order valence-corrected chi connectivity index (χ1v) is 22.3. The molecule has 1 aliphatic carbocycles. The molecule has 1 saturated carbocycles. The van der Waals surface area contributed by atoms with Gasteiger partial charge in [-0.1, -0.05) is 43.9 Å². The number of hydrogen-bond donors (Lipinski definition) is 3. The van der Waals surface area contributed by atoms with Crippen molar-refractivity contribution in [1.29, 1.82) is 0 Å². The fraction of sp³-hybridized carbons (Fsp3) is 0.542. The molecule has 1 unspecified atom stereocenters. The summed E-state index contributed by atoms with van der Waals surface area (Å²) in [6.07, 6.45) is 13.6. The number of nitrogens with two attached hydrogens (primary N) is 1. The topological polar surface area (TPSA) is 189 Å². The number of fused-ring (bicyclic) bond motifs is 1. The number of imide groups is 1. The third-order valence-electron chi connectivity index (χ3n) is 12.8. The van der Waals surface area contributed by atoms with Crippen LogP contribution < -0.4 is 42.2 Å². The van der Waals surface area contributed by atoms with Gasteiger partial charge in [0, 0.05) is 69.1 Å². The Morgan fingerprint density at radius 3 is 2.52 bits per heavy atom. The number of methoxy groups -OCH3 is 1. The number of hydrogen-bond acceptors (Lipinski definition) is 10. The van der Waals surface area contributed by atoms with Crippen molar-refractivity contribution in [2.24, 2.45) is 30.5 Å². The van der Waals surface area contributed by atoms with Crippen molar-refractivity contribution in [3.8, 4) is 23.5 Å². The highest BCUT2D eigenvalue weighted by Gasteiger charge is 2.33. The van der Waals surface area contributed by atoms with Crippen LogP contribution >= 0.6 is 0 Å². The van der Waals surface area contributed by atoms with E-state index in [1.165, 1.54) is 11.7 Å². The van der Waals surface area contributed by atoms with Gasteiger partial charge < -0.3 is 30.2 Å². The van der Waals surface area contributed by atoms with Crippen LogP contribution in [-0.4, -0.2) is 95.8 Å². The number of carbonyl (C=O) groups excluding carboxylic acids is 4. The summed E-state index contributed by atoms with van der Waals surface area (Å²) in [5.41, 5.74) is 7.28. The van der Waals surface area contributed by atoms with Gasteiger partial charge in [0.1, 0.15) is 18.4 Å². The number of pyridine rings is 1. The molecule has 4 heterocycles. The summed E-state index contributed by atoms with van der Waals surface area (Å²) in [5, 5.41) is 8.12. The fourth-order valence-electron chi connectivity index (χ4n) is 9.31. The Kier molecular flexibility index (Phi) is 16.0. The van der Waals surface area contributed by atoms with Crippen LogP contribution in [0.15, 0.2) is 35.8 Å². The zero-order valence-electron chi connectivity index (χ0n) is 37.4. The second-order valence-electron chi connectivity index (χ2n) is 17.0. The highest BCUT2D eigenvalue weighted by molar-refractivity contribution is 6.03. The van der Waals surface area contributed by atoms with E-state index in [1.807, 2.05) is 13.0 Å². The van der Waals surface area contributed by atoms with Crippen LogP contribution in [0.25, 0.3) is 22.4 Å².